The maximum absolute atomic E-state index is 13.4. The van der Waals surface area contributed by atoms with Gasteiger partial charge in [-0.05, 0) is 48.0 Å². The van der Waals surface area contributed by atoms with Crippen molar-refractivity contribution in [1.29, 1.82) is 0 Å². The van der Waals surface area contributed by atoms with Gasteiger partial charge in [0.2, 0.25) is 0 Å². The first-order valence-corrected chi connectivity index (χ1v) is 9.01. The molecule has 130 valence electrons. The van der Waals surface area contributed by atoms with Crippen molar-refractivity contribution < 1.29 is 4.39 Å². The molecule has 6 heteroatoms. The average molecular weight is 406 g/mol. The molecule has 0 bridgehead atoms. The summed E-state index contributed by atoms with van der Waals surface area (Å²) in [5.41, 5.74) is 3.27. The molecule has 0 aliphatic carbocycles. The Kier molecular flexibility index (Phi) is 4.62. The SMILES string of the molecule is Fc1ccc(-c2c3cccc(Cl)c3nn2Cc2ccc(Cl)cc2Cl)cc1. The molecule has 0 fully saturated rings. The summed E-state index contributed by atoms with van der Waals surface area (Å²) >= 11 is 18.6. The highest BCUT2D eigenvalue weighted by atomic mass is 35.5. The number of hydrogen-bond acceptors (Lipinski definition) is 1. The van der Waals surface area contributed by atoms with Crippen molar-refractivity contribution in [2.24, 2.45) is 0 Å². The van der Waals surface area contributed by atoms with Gasteiger partial charge in [-0.1, -0.05) is 53.0 Å². The standard InChI is InChI=1S/C20H12Cl3FN2/c21-14-7-4-13(18(23)10-14)11-26-20(12-5-8-15(24)9-6-12)16-2-1-3-17(22)19(16)25-26/h1-10H,11H2. The Morgan fingerprint density at radius 1 is 0.885 bits per heavy atom. The van der Waals surface area contributed by atoms with Gasteiger partial charge in [0.25, 0.3) is 0 Å². The lowest BCUT2D eigenvalue weighted by molar-refractivity contribution is 0.628. The molecule has 0 spiro atoms. The Labute approximate surface area is 164 Å². The Morgan fingerprint density at radius 3 is 2.38 bits per heavy atom. The smallest absolute Gasteiger partial charge is 0.123 e. The van der Waals surface area contributed by atoms with Gasteiger partial charge in [-0.3, -0.25) is 4.68 Å². The van der Waals surface area contributed by atoms with Gasteiger partial charge in [-0.15, -0.1) is 0 Å². The molecular formula is C20H12Cl3FN2. The second kappa shape index (κ2) is 6.92. The number of hydrogen-bond donors (Lipinski definition) is 0. The van der Waals surface area contributed by atoms with E-state index in [1.54, 1.807) is 30.3 Å². The minimum Gasteiger partial charge on any atom is -0.259 e. The average Bonchev–Trinajstić information content (AvgIpc) is 2.98. The number of aromatic nitrogens is 2. The first-order valence-electron chi connectivity index (χ1n) is 7.88. The number of benzene rings is 3. The van der Waals surface area contributed by atoms with Crippen molar-refractivity contribution >= 4 is 45.7 Å². The monoisotopic (exact) mass is 404 g/mol. The van der Waals surface area contributed by atoms with Gasteiger partial charge in [0.05, 0.1) is 17.3 Å². The zero-order chi connectivity index (χ0) is 18.3. The number of fused-ring (bicyclic) bond motifs is 1. The van der Waals surface area contributed by atoms with Gasteiger partial charge < -0.3 is 0 Å². The van der Waals surface area contributed by atoms with Crippen LogP contribution in [0.1, 0.15) is 5.56 Å². The van der Waals surface area contributed by atoms with Crippen LogP contribution >= 0.6 is 34.8 Å². The Balaban J connectivity index is 1.92. The van der Waals surface area contributed by atoms with Gasteiger partial charge in [0.1, 0.15) is 11.3 Å². The maximum atomic E-state index is 13.4. The van der Waals surface area contributed by atoms with E-state index in [-0.39, 0.29) is 5.82 Å². The molecule has 0 atom stereocenters. The summed E-state index contributed by atoms with van der Waals surface area (Å²) in [4.78, 5) is 0. The second-order valence-corrected chi connectivity index (χ2v) is 7.14. The van der Waals surface area contributed by atoms with Crippen LogP contribution in [0, 0.1) is 5.82 Å². The van der Waals surface area contributed by atoms with E-state index in [4.69, 9.17) is 34.8 Å². The van der Waals surface area contributed by atoms with E-state index in [2.05, 4.69) is 5.10 Å². The molecule has 0 saturated heterocycles. The third-order valence-corrected chi connectivity index (χ3v) is 5.07. The summed E-state index contributed by atoms with van der Waals surface area (Å²) in [6.07, 6.45) is 0. The van der Waals surface area contributed by atoms with E-state index < -0.39 is 0 Å². The van der Waals surface area contributed by atoms with E-state index in [9.17, 15) is 4.39 Å². The summed E-state index contributed by atoms with van der Waals surface area (Å²) < 4.78 is 15.2. The van der Waals surface area contributed by atoms with Crippen molar-refractivity contribution in [2.45, 2.75) is 6.54 Å². The molecule has 4 rings (SSSR count). The van der Waals surface area contributed by atoms with Crippen molar-refractivity contribution in [3.05, 3.63) is 87.1 Å². The predicted octanol–water partition coefficient (Wildman–Crippen LogP) is 6.85. The molecule has 0 aliphatic rings. The number of halogens is 4. The van der Waals surface area contributed by atoms with Crippen LogP contribution in [-0.2, 0) is 6.54 Å². The molecule has 2 nitrogen and oxygen atoms in total. The zero-order valence-electron chi connectivity index (χ0n) is 13.4. The topological polar surface area (TPSA) is 17.8 Å². The van der Waals surface area contributed by atoms with Crippen LogP contribution in [0.15, 0.2) is 60.7 Å². The summed E-state index contributed by atoms with van der Waals surface area (Å²) in [6.45, 7) is 0.438. The van der Waals surface area contributed by atoms with Crippen molar-refractivity contribution in [1.82, 2.24) is 9.78 Å². The molecule has 0 N–H and O–H groups in total. The van der Waals surface area contributed by atoms with Crippen LogP contribution in [0.2, 0.25) is 15.1 Å². The molecule has 0 saturated carbocycles. The van der Waals surface area contributed by atoms with Crippen LogP contribution in [0.4, 0.5) is 4.39 Å². The fraction of sp³-hybridized carbons (Fsp3) is 0.0500. The molecular weight excluding hydrogens is 394 g/mol. The predicted molar refractivity (Wildman–Crippen MR) is 106 cm³/mol. The van der Waals surface area contributed by atoms with Crippen molar-refractivity contribution in [3.8, 4) is 11.3 Å². The van der Waals surface area contributed by atoms with Gasteiger partial charge in [-0.25, -0.2) is 4.39 Å². The van der Waals surface area contributed by atoms with Gasteiger partial charge in [0, 0.05) is 21.0 Å². The minimum atomic E-state index is -0.289. The van der Waals surface area contributed by atoms with Crippen LogP contribution in [0.25, 0.3) is 22.2 Å². The summed E-state index contributed by atoms with van der Waals surface area (Å²) in [7, 11) is 0. The molecule has 0 unspecified atom stereocenters. The molecule has 0 aliphatic heterocycles. The van der Waals surface area contributed by atoms with Crippen LogP contribution < -0.4 is 0 Å². The zero-order valence-corrected chi connectivity index (χ0v) is 15.7. The molecule has 26 heavy (non-hydrogen) atoms. The molecule has 3 aromatic carbocycles. The van der Waals surface area contributed by atoms with E-state index in [0.717, 1.165) is 22.2 Å². The molecule has 0 amide bonds. The fourth-order valence-corrected chi connectivity index (χ4v) is 3.64. The lowest BCUT2D eigenvalue weighted by Gasteiger charge is -2.10. The molecule has 4 aromatic rings. The normalized spacial score (nSPS) is 11.2. The van der Waals surface area contributed by atoms with Crippen molar-refractivity contribution in [2.75, 3.05) is 0 Å². The molecule has 1 heterocycles. The van der Waals surface area contributed by atoms with E-state index >= 15 is 0 Å². The first-order chi connectivity index (χ1) is 12.5. The first kappa shape index (κ1) is 17.3. The number of rotatable bonds is 3. The quantitative estimate of drug-likeness (QED) is 0.364. The Hall–Kier alpha value is -2.07. The maximum Gasteiger partial charge on any atom is 0.123 e. The fourth-order valence-electron chi connectivity index (χ4n) is 2.96. The third kappa shape index (κ3) is 3.18. The highest BCUT2D eigenvalue weighted by Crippen LogP contribution is 2.33. The van der Waals surface area contributed by atoms with Gasteiger partial charge in [0.15, 0.2) is 0 Å². The highest BCUT2D eigenvalue weighted by molar-refractivity contribution is 6.35. The van der Waals surface area contributed by atoms with E-state index in [1.807, 2.05) is 22.9 Å². The lowest BCUT2D eigenvalue weighted by atomic mass is 10.1. The van der Waals surface area contributed by atoms with Gasteiger partial charge in [-0.2, -0.15) is 5.10 Å². The summed E-state index contributed by atoms with van der Waals surface area (Å²) in [6, 6.07) is 17.3. The van der Waals surface area contributed by atoms with E-state index in [0.29, 0.717) is 27.1 Å². The largest absolute Gasteiger partial charge is 0.259 e. The van der Waals surface area contributed by atoms with Crippen LogP contribution in [0.3, 0.4) is 0 Å². The van der Waals surface area contributed by atoms with Crippen molar-refractivity contribution in [3.63, 3.8) is 0 Å². The lowest BCUT2D eigenvalue weighted by Crippen LogP contribution is -2.04. The molecule has 1 aromatic heterocycles. The summed E-state index contributed by atoms with van der Waals surface area (Å²) in [5, 5.41) is 7.27. The Morgan fingerprint density at radius 2 is 1.65 bits per heavy atom. The van der Waals surface area contributed by atoms with Gasteiger partial charge >= 0.3 is 0 Å². The van der Waals surface area contributed by atoms with Crippen LogP contribution in [0.5, 0.6) is 0 Å². The number of nitrogens with zero attached hydrogens (tertiary/aromatic N) is 2. The minimum absolute atomic E-state index is 0.289. The van der Waals surface area contributed by atoms with Crippen LogP contribution in [-0.4, -0.2) is 9.78 Å². The third-order valence-electron chi connectivity index (χ3n) is 4.17. The second-order valence-electron chi connectivity index (χ2n) is 5.88. The highest BCUT2D eigenvalue weighted by Gasteiger charge is 2.16. The van der Waals surface area contributed by atoms with E-state index in [1.165, 1.54) is 12.1 Å². The Bertz CT molecular complexity index is 1100. The summed E-state index contributed by atoms with van der Waals surface area (Å²) in [5.74, 6) is -0.289. The molecule has 0 radical (unpaired) electrons.